The molecule has 1 heterocycles. The van der Waals surface area contributed by atoms with E-state index >= 15 is 0 Å². The van der Waals surface area contributed by atoms with Crippen molar-refractivity contribution in [2.45, 2.75) is 19.9 Å². The summed E-state index contributed by atoms with van der Waals surface area (Å²) in [6.07, 6.45) is 5.79. The Labute approximate surface area is 55.9 Å². The molecule has 1 atom stereocenters. The van der Waals surface area contributed by atoms with Crippen LogP contribution in [0.1, 0.15) is 13.8 Å². The van der Waals surface area contributed by atoms with E-state index < -0.39 is 0 Å². The Morgan fingerprint density at radius 3 is 2.89 bits per heavy atom. The van der Waals surface area contributed by atoms with Crippen molar-refractivity contribution in [3.8, 4) is 0 Å². The molecule has 50 valence electrons. The number of aliphatic imine (C=N–C) groups is 1. The monoisotopic (exact) mass is 124 g/mol. The van der Waals surface area contributed by atoms with E-state index in [2.05, 4.69) is 23.7 Å². The summed E-state index contributed by atoms with van der Waals surface area (Å²) in [7, 11) is 0. The molecule has 0 N–H and O–H groups in total. The summed E-state index contributed by atoms with van der Waals surface area (Å²) in [5.74, 6) is 0. The van der Waals surface area contributed by atoms with Gasteiger partial charge in [0.2, 0.25) is 0 Å². The quantitative estimate of drug-likeness (QED) is 0.513. The Hall–Kier alpha value is -0.790. The normalized spacial score (nSPS) is 25.1. The molecule has 1 aliphatic heterocycles. The minimum absolute atomic E-state index is 0.472. The molecule has 9 heavy (non-hydrogen) atoms. The molecule has 0 radical (unpaired) electrons. The SMILES string of the molecule is CCN1C=CN=CC1C. The molecule has 0 aromatic carbocycles. The first-order valence-electron chi connectivity index (χ1n) is 3.30. The van der Waals surface area contributed by atoms with E-state index in [0.29, 0.717) is 6.04 Å². The van der Waals surface area contributed by atoms with Gasteiger partial charge in [0.25, 0.3) is 0 Å². The highest BCUT2D eigenvalue weighted by atomic mass is 15.1. The van der Waals surface area contributed by atoms with Crippen LogP contribution in [0.5, 0.6) is 0 Å². The van der Waals surface area contributed by atoms with Gasteiger partial charge in [0.15, 0.2) is 0 Å². The zero-order valence-electron chi connectivity index (χ0n) is 5.91. The molecule has 0 aromatic rings. The van der Waals surface area contributed by atoms with Crippen LogP contribution in [0.2, 0.25) is 0 Å². The lowest BCUT2D eigenvalue weighted by Gasteiger charge is -2.24. The minimum Gasteiger partial charge on any atom is -0.369 e. The van der Waals surface area contributed by atoms with Crippen LogP contribution < -0.4 is 0 Å². The van der Waals surface area contributed by atoms with E-state index in [0.717, 1.165) is 6.54 Å². The fraction of sp³-hybridized carbons (Fsp3) is 0.571. The van der Waals surface area contributed by atoms with Gasteiger partial charge in [-0.3, -0.25) is 4.99 Å². The molecule has 1 aliphatic rings. The third-order valence-electron chi connectivity index (χ3n) is 1.53. The van der Waals surface area contributed by atoms with Gasteiger partial charge in [-0.1, -0.05) is 0 Å². The summed E-state index contributed by atoms with van der Waals surface area (Å²) in [6, 6.07) is 0.472. The van der Waals surface area contributed by atoms with Crippen LogP contribution >= 0.6 is 0 Å². The molecule has 2 nitrogen and oxygen atoms in total. The second-order valence-corrected chi connectivity index (χ2v) is 2.17. The van der Waals surface area contributed by atoms with E-state index in [1.807, 2.05) is 18.6 Å². The van der Waals surface area contributed by atoms with Gasteiger partial charge in [-0.2, -0.15) is 0 Å². The highest BCUT2D eigenvalue weighted by Gasteiger charge is 2.05. The first kappa shape index (κ1) is 6.33. The highest BCUT2D eigenvalue weighted by Crippen LogP contribution is 2.01. The van der Waals surface area contributed by atoms with Crippen molar-refractivity contribution in [1.29, 1.82) is 0 Å². The van der Waals surface area contributed by atoms with Crippen molar-refractivity contribution in [3.05, 3.63) is 12.4 Å². The molecule has 2 heteroatoms. The van der Waals surface area contributed by atoms with Crippen LogP contribution in [0.3, 0.4) is 0 Å². The summed E-state index contributed by atoms with van der Waals surface area (Å²) in [5, 5.41) is 0. The number of nitrogens with zero attached hydrogens (tertiary/aromatic N) is 2. The molecule has 0 amide bonds. The minimum atomic E-state index is 0.472. The Balaban J connectivity index is 2.55. The summed E-state index contributed by atoms with van der Waals surface area (Å²) >= 11 is 0. The van der Waals surface area contributed by atoms with Crippen molar-refractivity contribution in [1.82, 2.24) is 4.90 Å². The maximum atomic E-state index is 4.01. The summed E-state index contributed by atoms with van der Waals surface area (Å²) in [4.78, 5) is 6.24. The number of hydrogen-bond donors (Lipinski definition) is 0. The first-order chi connectivity index (χ1) is 4.34. The van der Waals surface area contributed by atoms with Crippen LogP contribution in [-0.2, 0) is 0 Å². The van der Waals surface area contributed by atoms with Gasteiger partial charge in [0.05, 0.1) is 6.04 Å². The lowest BCUT2D eigenvalue weighted by Crippen LogP contribution is -2.30. The van der Waals surface area contributed by atoms with Gasteiger partial charge in [-0.15, -0.1) is 0 Å². The van der Waals surface area contributed by atoms with Crippen molar-refractivity contribution in [2.75, 3.05) is 6.54 Å². The molecule has 0 aromatic heterocycles. The van der Waals surface area contributed by atoms with Gasteiger partial charge < -0.3 is 4.90 Å². The molecular formula is C7H12N2. The number of hydrogen-bond acceptors (Lipinski definition) is 2. The average Bonchev–Trinajstić information content (AvgIpc) is 1.89. The van der Waals surface area contributed by atoms with Crippen molar-refractivity contribution in [2.24, 2.45) is 4.99 Å². The van der Waals surface area contributed by atoms with Crippen molar-refractivity contribution < 1.29 is 0 Å². The second kappa shape index (κ2) is 2.67. The zero-order chi connectivity index (χ0) is 6.69. The molecule has 0 saturated carbocycles. The van der Waals surface area contributed by atoms with Gasteiger partial charge in [-0.05, 0) is 13.8 Å². The lowest BCUT2D eigenvalue weighted by molar-refractivity contribution is 0.370. The maximum Gasteiger partial charge on any atom is 0.0611 e. The third-order valence-corrected chi connectivity index (χ3v) is 1.53. The predicted molar refractivity (Wildman–Crippen MR) is 39.5 cm³/mol. The second-order valence-electron chi connectivity index (χ2n) is 2.17. The molecule has 0 spiro atoms. The molecule has 0 aliphatic carbocycles. The van der Waals surface area contributed by atoms with Crippen LogP contribution in [-0.4, -0.2) is 23.7 Å². The van der Waals surface area contributed by atoms with Crippen LogP contribution in [0, 0.1) is 0 Å². The lowest BCUT2D eigenvalue weighted by atomic mass is 10.3. The highest BCUT2D eigenvalue weighted by molar-refractivity contribution is 5.65. The molecular weight excluding hydrogens is 112 g/mol. The van der Waals surface area contributed by atoms with E-state index in [-0.39, 0.29) is 0 Å². The number of rotatable bonds is 1. The summed E-state index contributed by atoms with van der Waals surface area (Å²) in [5.41, 5.74) is 0. The smallest absolute Gasteiger partial charge is 0.0611 e. The predicted octanol–water partition coefficient (Wildman–Crippen LogP) is 1.25. The fourth-order valence-corrected chi connectivity index (χ4v) is 0.913. The van der Waals surface area contributed by atoms with Gasteiger partial charge in [0, 0.05) is 25.2 Å². The van der Waals surface area contributed by atoms with Crippen LogP contribution in [0.15, 0.2) is 17.4 Å². The third kappa shape index (κ3) is 1.31. The molecule has 0 fully saturated rings. The maximum absolute atomic E-state index is 4.01. The summed E-state index contributed by atoms with van der Waals surface area (Å²) in [6.45, 7) is 5.33. The summed E-state index contributed by atoms with van der Waals surface area (Å²) < 4.78 is 0. The standard InChI is InChI=1S/C7H12N2/c1-3-9-5-4-8-6-7(9)2/h4-7H,3H2,1-2H3. The van der Waals surface area contributed by atoms with E-state index in [1.165, 1.54) is 0 Å². The van der Waals surface area contributed by atoms with Crippen LogP contribution in [0.4, 0.5) is 0 Å². The van der Waals surface area contributed by atoms with Gasteiger partial charge >= 0.3 is 0 Å². The van der Waals surface area contributed by atoms with Crippen molar-refractivity contribution >= 4 is 6.21 Å². The topological polar surface area (TPSA) is 15.6 Å². The van der Waals surface area contributed by atoms with E-state index in [9.17, 15) is 0 Å². The fourth-order valence-electron chi connectivity index (χ4n) is 0.913. The van der Waals surface area contributed by atoms with Gasteiger partial charge in [-0.25, -0.2) is 0 Å². The van der Waals surface area contributed by atoms with Gasteiger partial charge in [0.1, 0.15) is 0 Å². The van der Waals surface area contributed by atoms with E-state index in [1.54, 1.807) is 0 Å². The molecule has 0 saturated heterocycles. The van der Waals surface area contributed by atoms with E-state index in [4.69, 9.17) is 0 Å². The van der Waals surface area contributed by atoms with Crippen molar-refractivity contribution in [3.63, 3.8) is 0 Å². The van der Waals surface area contributed by atoms with Crippen LogP contribution in [0.25, 0.3) is 0 Å². The Kier molecular flexibility index (Phi) is 1.88. The largest absolute Gasteiger partial charge is 0.369 e. The first-order valence-corrected chi connectivity index (χ1v) is 3.30. The zero-order valence-corrected chi connectivity index (χ0v) is 5.91. The Morgan fingerprint density at radius 2 is 2.44 bits per heavy atom. The average molecular weight is 124 g/mol. The Bertz CT molecular complexity index is 138. The Morgan fingerprint density at radius 1 is 1.67 bits per heavy atom. The molecule has 0 bridgehead atoms. The molecule has 1 unspecified atom stereocenters. The molecule has 1 rings (SSSR count).